The van der Waals surface area contributed by atoms with Crippen molar-refractivity contribution in [2.24, 2.45) is 5.18 Å². The number of rotatable bonds is 2. The zero-order valence-corrected chi connectivity index (χ0v) is 10.9. The average molecular weight is 293 g/mol. The highest BCUT2D eigenvalue weighted by molar-refractivity contribution is 6.30. The summed E-state index contributed by atoms with van der Waals surface area (Å²) in [6.45, 7) is 0. The van der Waals surface area contributed by atoms with Crippen molar-refractivity contribution in [3.05, 3.63) is 51.5 Å². The number of hydrogen-bond donors (Lipinski definition) is 0. The molecule has 0 aliphatic carbocycles. The van der Waals surface area contributed by atoms with Crippen LogP contribution >= 0.6 is 23.2 Å². The zero-order chi connectivity index (χ0) is 13.4. The van der Waals surface area contributed by atoms with E-state index in [1.54, 1.807) is 36.4 Å². The minimum absolute atomic E-state index is 0.111. The number of hydrogen-bond acceptors (Lipinski definition) is 4. The lowest BCUT2D eigenvalue weighted by molar-refractivity contribution is 0.933. The van der Waals surface area contributed by atoms with Crippen molar-refractivity contribution in [1.29, 1.82) is 0 Å². The van der Waals surface area contributed by atoms with Gasteiger partial charge in [0.25, 0.3) is 0 Å². The topological polar surface area (TPSA) is 59.6 Å². The Bertz CT molecular complexity index is 767. The van der Waals surface area contributed by atoms with Gasteiger partial charge >= 0.3 is 0 Å². The van der Waals surface area contributed by atoms with Gasteiger partial charge < -0.3 is 0 Å². The Morgan fingerprint density at radius 3 is 2.47 bits per heavy atom. The van der Waals surface area contributed by atoms with E-state index < -0.39 is 0 Å². The number of fused-ring (bicyclic) bond motifs is 1. The van der Waals surface area contributed by atoms with E-state index in [9.17, 15) is 4.91 Å². The smallest absolute Gasteiger partial charge is 0.224 e. The van der Waals surface area contributed by atoms with E-state index in [2.05, 4.69) is 15.3 Å². The normalized spacial score (nSPS) is 10.8. The standard InChI is InChI=1S/C12H6Cl2N4O/c13-8-3-1-7(2-4-8)11-12(17-19)18-10(15-11)6-5-9(14)16-18/h1-6H. The average Bonchev–Trinajstić information content (AvgIpc) is 2.77. The fourth-order valence-electron chi connectivity index (χ4n) is 1.78. The Morgan fingerprint density at radius 2 is 1.79 bits per heavy atom. The van der Waals surface area contributed by atoms with E-state index in [0.29, 0.717) is 16.4 Å². The lowest BCUT2D eigenvalue weighted by atomic mass is 10.1. The molecule has 5 nitrogen and oxygen atoms in total. The highest BCUT2D eigenvalue weighted by Gasteiger charge is 2.16. The minimum atomic E-state index is 0.111. The van der Waals surface area contributed by atoms with Gasteiger partial charge in [0.05, 0.1) is 0 Å². The molecular weight excluding hydrogens is 287 g/mol. The summed E-state index contributed by atoms with van der Waals surface area (Å²) in [5.41, 5.74) is 1.69. The van der Waals surface area contributed by atoms with Crippen LogP contribution in [0.2, 0.25) is 10.2 Å². The van der Waals surface area contributed by atoms with Crippen LogP contribution < -0.4 is 0 Å². The fraction of sp³-hybridized carbons (Fsp3) is 0. The van der Waals surface area contributed by atoms with Gasteiger partial charge in [-0.3, -0.25) is 0 Å². The molecule has 0 aliphatic rings. The lowest BCUT2D eigenvalue weighted by Gasteiger charge is -1.97. The third-order valence-electron chi connectivity index (χ3n) is 2.63. The molecule has 0 saturated heterocycles. The summed E-state index contributed by atoms with van der Waals surface area (Å²) < 4.78 is 1.32. The Balaban J connectivity index is 2.28. The maximum absolute atomic E-state index is 11.0. The molecule has 0 amide bonds. The number of halogens is 2. The van der Waals surface area contributed by atoms with Gasteiger partial charge in [-0.15, -0.1) is 4.91 Å². The van der Waals surface area contributed by atoms with Crippen LogP contribution in [0, 0.1) is 4.91 Å². The van der Waals surface area contributed by atoms with Crippen LogP contribution in [0.25, 0.3) is 16.9 Å². The summed E-state index contributed by atoms with van der Waals surface area (Å²) in [5, 5.41) is 7.87. The molecule has 0 unspecified atom stereocenters. The van der Waals surface area contributed by atoms with Crippen molar-refractivity contribution in [1.82, 2.24) is 14.6 Å². The molecule has 0 radical (unpaired) electrons. The van der Waals surface area contributed by atoms with Crippen molar-refractivity contribution in [3.63, 3.8) is 0 Å². The predicted molar refractivity (Wildman–Crippen MR) is 73.9 cm³/mol. The highest BCUT2D eigenvalue weighted by Crippen LogP contribution is 2.31. The van der Waals surface area contributed by atoms with Crippen LogP contribution in [0.5, 0.6) is 0 Å². The molecule has 0 saturated carbocycles. The lowest BCUT2D eigenvalue weighted by Crippen LogP contribution is -1.90. The molecule has 0 aliphatic heterocycles. The molecule has 7 heteroatoms. The van der Waals surface area contributed by atoms with Gasteiger partial charge in [0.15, 0.2) is 5.65 Å². The molecule has 19 heavy (non-hydrogen) atoms. The summed E-state index contributed by atoms with van der Waals surface area (Å²) in [6, 6.07) is 10.2. The van der Waals surface area contributed by atoms with Crippen LogP contribution in [0.3, 0.4) is 0 Å². The van der Waals surface area contributed by atoms with Crippen LogP contribution in [0.15, 0.2) is 41.6 Å². The first-order valence-corrected chi connectivity index (χ1v) is 6.09. The van der Waals surface area contributed by atoms with Gasteiger partial charge in [0.2, 0.25) is 5.82 Å². The molecule has 0 atom stereocenters. The van der Waals surface area contributed by atoms with Crippen molar-refractivity contribution in [2.45, 2.75) is 0 Å². The van der Waals surface area contributed by atoms with Crippen molar-refractivity contribution >= 4 is 34.7 Å². The Hall–Kier alpha value is -1.98. The monoisotopic (exact) mass is 292 g/mol. The predicted octanol–water partition coefficient (Wildman–Crippen LogP) is 4.10. The molecule has 2 aromatic heterocycles. The number of nitrogens with zero attached hydrogens (tertiary/aromatic N) is 4. The molecule has 3 rings (SSSR count). The Labute approximate surface area is 117 Å². The second-order valence-electron chi connectivity index (χ2n) is 3.81. The SMILES string of the molecule is O=Nc1c(-c2ccc(Cl)cc2)nc2ccc(Cl)nn12. The van der Waals surface area contributed by atoms with Gasteiger partial charge in [0.1, 0.15) is 10.8 Å². The molecule has 94 valence electrons. The number of benzene rings is 1. The molecule has 1 aromatic carbocycles. The van der Waals surface area contributed by atoms with Crippen molar-refractivity contribution in [2.75, 3.05) is 0 Å². The van der Waals surface area contributed by atoms with Gasteiger partial charge in [0, 0.05) is 10.6 Å². The number of aromatic nitrogens is 3. The van der Waals surface area contributed by atoms with E-state index in [-0.39, 0.29) is 11.0 Å². The summed E-state index contributed by atoms with van der Waals surface area (Å²) >= 11 is 11.6. The van der Waals surface area contributed by atoms with E-state index >= 15 is 0 Å². The third-order valence-corrected chi connectivity index (χ3v) is 3.08. The maximum Gasteiger partial charge on any atom is 0.226 e. The van der Waals surface area contributed by atoms with Crippen LogP contribution in [0.4, 0.5) is 5.82 Å². The Morgan fingerprint density at radius 1 is 1.05 bits per heavy atom. The van der Waals surface area contributed by atoms with Crippen LogP contribution in [-0.2, 0) is 0 Å². The van der Waals surface area contributed by atoms with Gasteiger partial charge in [-0.1, -0.05) is 35.3 Å². The van der Waals surface area contributed by atoms with E-state index in [1.165, 1.54) is 4.52 Å². The summed E-state index contributed by atoms with van der Waals surface area (Å²) in [6.07, 6.45) is 0. The summed E-state index contributed by atoms with van der Waals surface area (Å²) in [4.78, 5) is 15.4. The molecule has 0 spiro atoms. The molecular formula is C12H6Cl2N4O. The first-order valence-electron chi connectivity index (χ1n) is 5.33. The van der Waals surface area contributed by atoms with Gasteiger partial charge in [-0.2, -0.15) is 9.61 Å². The van der Waals surface area contributed by atoms with Crippen molar-refractivity contribution < 1.29 is 0 Å². The maximum atomic E-state index is 11.0. The Kier molecular flexibility index (Phi) is 2.93. The highest BCUT2D eigenvalue weighted by atomic mass is 35.5. The summed E-state index contributed by atoms with van der Waals surface area (Å²) in [7, 11) is 0. The van der Waals surface area contributed by atoms with Crippen LogP contribution in [-0.4, -0.2) is 14.6 Å². The quantitative estimate of drug-likeness (QED) is 0.668. The molecule has 2 heterocycles. The third kappa shape index (κ3) is 2.07. The molecule has 3 aromatic rings. The first kappa shape index (κ1) is 12.1. The largest absolute Gasteiger partial charge is 0.226 e. The van der Waals surface area contributed by atoms with E-state index in [1.807, 2.05) is 0 Å². The number of imidazole rings is 1. The van der Waals surface area contributed by atoms with Gasteiger partial charge in [-0.05, 0) is 29.4 Å². The fourth-order valence-corrected chi connectivity index (χ4v) is 2.05. The second kappa shape index (κ2) is 4.60. The first-order chi connectivity index (χ1) is 9.19. The molecule has 0 N–H and O–H groups in total. The minimum Gasteiger partial charge on any atom is -0.224 e. The zero-order valence-electron chi connectivity index (χ0n) is 9.42. The molecule has 0 fully saturated rings. The van der Waals surface area contributed by atoms with Crippen LogP contribution in [0.1, 0.15) is 0 Å². The van der Waals surface area contributed by atoms with Gasteiger partial charge in [-0.25, -0.2) is 4.98 Å². The summed E-state index contributed by atoms with van der Waals surface area (Å²) in [5.74, 6) is 0.111. The van der Waals surface area contributed by atoms with E-state index in [4.69, 9.17) is 23.2 Å². The number of nitroso groups, excluding NO2 is 1. The second-order valence-corrected chi connectivity index (χ2v) is 4.63. The van der Waals surface area contributed by atoms with Crippen molar-refractivity contribution in [3.8, 4) is 11.3 Å². The van der Waals surface area contributed by atoms with E-state index in [0.717, 1.165) is 5.56 Å². The molecule has 0 bridgehead atoms.